The van der Waals surface area contributed by atoms with Gasteiger partial charge >= 0.3 is 11.7 Å². The molecule has 0 amide bonds. The van der Waals surface area contributed by atoms with Crippen LogP contribution in [0.5, 0.6) is 0 Å². The normalized spacial score (nSPS) is 10.7. The Balaban J connectivity index is 2.32. The van der Waals surface area contributed by atoms with Gasteiger partial charge in [-0.3, -0.25) is 14.6 Å². The van der Waals surface area contributed by atoms with Gasteiger partial charge in [0.25, 0.3) is 5.56 Å². The first-order chi connectivity index (χ1) is 12.4. The molecular weight excluding hydrogens is 381 g/mol. The molecule has 0 saturated carbocycles. The van der Waals surface area contributed by atoms with Gasteiger partial charge in [0.2, 0.25) is 0 Å². The van der Waals surface area contributed by atoms with Crippen LogP contribution in [-0.4, -0.2) is 25.8 Å². The summed E-state index contributed by atoms with van der Waals surface area (Å²) in [5.41, 5.74) is 0.325. The number of aromatic nitrogens is 3. The van der Waals surface area contributed by atoms with Gasteiger partial charge in [-0.15, -0.1) is 0 Å². The van der Waals surface area contributed by atoms with Gasteiger partial charge in [-0.25, -0.2) is 4.79 Å². The van der Waals surface area contributed by atoms with Gasteiger partial charge in [-0.1, -0.05) is 41.4 Å². The van der Waals surface area contributed by atoms with E-state index in [1.807, 2.05) is 0 Å². The summed E-state index contributed by atoms with van der Waals surface area (Å²) in [6, 6.07) is 9.70. The zero-order chi connectivity index (χ0) is 18.8. The van der Waals surface area contributed by atoms with Crippen molar-refractivity contribution < 1.29 is 9.90 Å². The average molecular weight is 392 g/mol. The van der Waals surface area contributed by atoms with Gasteiger partial charge in [0.1, 0.15) is 6.20 Å². The first-order valence-corrected chi connectivity index (χ1v) is 8.10. The van der Waals surface area contributed by atoms with E-state index in [0.29, 0.717) is 27.4 Å². The SMILES string of the molecule is O=C(O)Cc1ccc(-n2ncc(=O)[nH]c2=O)c(-c2ccc(Cl)cc2)c1Cl. The van der Waals surface area contributed by atoms with Crippen LogP contribution >= 0.6 is 23.2 Å². The van der Waals surface area contributed by atoms with Crippen LogP contribution in [0.15, 0.2) is 52.2 Å². The van der Waals surface area contributed by atoms with E-state index in [0.717, 1.165) is 10.9 Å². The van der Waals surface area contributed by atoms with Gasteiger partial charge in [-0.2, -0.15) is 9.78 Å². The van der Waals surface area contributed by atoms with Crippen molar-refractivity contribution >= 4 is 29.2 Å². The molecule has 2 N–H and O–H groups in total. The lowest BCUT2D eigenvalue weighted by Crippen LogP contribution is -2.30. The second-order valence-corrected chi connectivity index (χ2v) is 6.18. The Bertz CT molecular complexity index is 1100. The monoisotopic (exact) mass is 391 g/mol. The lowest BCUT2D eigenvalue weighted by molar-refractivity contribution is -0.136. The molecular formula is C17H11Cl2N3O4. The van der Waals surface area contributed by atoms with Gasteiger partial charge < -0.3 is 5.11 Å². The first kappa shape index (κ1) is 17.9. The maximum atomic E-state index is 12.1. The minimum atomic E-state index is -1.04. The van der Waals surface area contributed by atoms with E-state index < -0.39 is 17.2 Å². The summed E-state index contributed by atoms with van der Waals surface area (Å²) in [7, 11) is 0. The fraction of sp³-hybridized carbons (Fsp3) is 0.0588. The van der Waals surface area contributed by atoms with E-state index in [1.165, 1.54) is 12.1 Å². The summed E-state index contributed by atoms with van der Waals surface area (Å²) >= 11 is 12.4. The van der Waals surface area contributed by atoms with Crippen LogP contribution < -0.4 is 11.2 Å². The molecule has 7 nitrogen and oxygen atoms in total. The third-order valence-corrected chi connectivity index (χ3v) is 4.30. The van der Waals surface area contributed by atoms with Gasteiger partial charge in [0, 0.05) is 10.6 Å². The predicted molar refractivity (Wildman–Crippen MR) is 97.3 cm³/mol. The Hall–Kier alpha value is -2.90. The number of nitrogens with one attached hydrogen (secondary N) is 1. The van der Waals surface area contributed by atoms with Crippen molar-refractivity contribution in [2.75, 3.05) is 0 Å². The van der Waals surface area contributed by atoms with Crippen molar-refractivity contribution in [3.8, 4) is 16.8 Å². The van der Waals surface area contributed by atoms with E-state index in [-0.39, 0.29) is 11.4 Å². The largest absolute Gasteiger partial charge is 0.481 e. The molecule has 3 aromatic rings. The highest BCUT2D eigenvalue weighted by Crippen LogP contribution is 2.36. The number of nitrogens with zero attached hydrogens (tertiary/aromatic N) is 2. The second-order valence-electron chi connectivity index (χ2n) is 5.36. The second kappa shape index (κ2) is 7.15. The van der Waals surface area contributed by atoms with Crippen molar-refractivity contribution in [2.24, 2.45) is 0 Å². The number of carbonyl (C=O) groups is 1. The molecule has 2 aromatic carbocycles. The van der Waals surface area contributed by atoms with Crippen molar-refractivity contribution in [1.29, 1.82) is 0 Å². The molecule has 0 spiro atoms. The number of aliphatic carboxylic acids is 1. The van der Waals surface area contributed by atoms with Crippen molar-refractivity contribution in [3.05, 3.63) is 79.0 Å². The molecule has 3 rings (SSSR count). The first-order valence-electron chi connectivity index (χ1n) is 7.35. The van der Waals surface area contributed by atoms with Gasteiger partial charge in [-0.05, 0) is 29.3 Å². The maximum Gasteiger partial charge on any atom is 0.349 e. The summed E-state index contributed by atoms with van der Waals surface area (Å²) in [5, 5.41) is 13.6. The smallest absolute Gasteiger partial charge is 0.349 e. The number of carboxylic acid groups (broad SMARTS) is 1. The topological polar surface area (TPSA) is 105 Å². The zero-order valence-corrected chi connectivity index (χ0v) is 14.6. The number of hydrogen-bond acceptors (Lipinski definition) is 4. The predicted octanol–water partition coefficient (Wildman–Crippen LogP) is 2.52. The molecule has 0 radical (unpaired) electrons. The third kappa shape index (κ3) is 3.54. The standard InChI is InChI=1S/C17H11Cl2N3O4/c18-11-4-1-9(2-5-11)15-12(22-17(26)21-13(23)8-20-22)6-3-10(16(15)19)7-14(24)25/h1-6,8H,7H2,(H,24,25)(H,21,23,26). The quantitative estimate of drug-likeness (QED) is 0.710. The van der Waals surface area contributed by atoms with Crippen LogP contribution in [0.3, 0.4) is 0 Å². The van der Waals surface area contributed by atoms with Gasteiger partial charge in [0.15, 0.2) is 0 Å². The van der Waals surface area contributed by atoms with Gasteiger partial charge in [0.05, 0.1) is 17.1 Å². The lowest BCUT2D eigenvalue weighted by atomic mass is 9.99. The number of halogens is 2. The molecule has 1 heterocycles. The fourth-order valence-electron chi connectivity index (χ4n) is 2.50. The summed E-state index contributed by atoms with van der Waals surface area (Å²) in [6.45, 7) is 0. The van der Waals surface area contributed by atoms with Crippen LogP contribution in [0.4, 0.5) is 0 Å². The lowest BCUT2D eigenvalue weighted by Gasteiger charge is -2.15. The van der Waals surface area contributed by atoms with E-state index in [4.69, 9.17) is 28.3 Å². The zero-order valence-electron chi connectivity index (χ0n) is 13.1. The summed E-state index contributed by atoms with van der Waals surface area (Å²) in [4.78, 5) is 36.6. The Morgan fingerprint density at radius 3 is 2.42 bits per heavy atom. The van der Waals surface area contributed by atoms with E-state index in [9.17, 15) is 14.4 Å². The third-order valence-electron chi connectivity index (χ3n) is 3.62. The number of carboxylic acids is 1. The highest BCUT2D eigenvalue weighted by Gasteiger charge is 2.18. The molecule has 0 saturated heterocycles. The van der Waals surface area contributed by atoms with Crippen LogP contribution in [-0.2, 0) is 11.2 Å². The molecule has 0 bridgehead atoms. The van der Waals surface area contributed by atoms with Crippen molar-refractivity contribution in [2.45, 2.75) is 6.42 Å². The number of benzene rings is 2. The summed E-state index contributed by atoms with van der Waals surface area (Å²) in [6.07, 6.45) is 0.680. The molecule has 1 aromatic heterocycles. The van der Waals surface area contributed by atoms with E-state index in [1.54, 1.807) is 24.3 Å². The molecule has 132 valence electrons. The molecule has 0 aliphatic carbocycles. The van der Waals surface area contributed by atoms with E-state index in [2.05, 4.69) is 10.1 Å². The van der Waals surface area contributed by atoms with Crippen molar-refractivity contribution in [3.63, 3.8) is 0 Å². The summed E-state index contributed by atoms with van der Waals surface area (Å²) in [5.74, 6) is -1.04. The molecule has 0 atom stereocenters. The highest BCUT2D eigenvalue weighted by molar-refractivity contribution is 6.35. The van der Waals surface area contributed by atoms with Crippen LogP contribution in [0.2, 0.25) is 10.0 Å². The van der Waals surface area contributed by atoms with Crippen molar-refractivity contribution in [1.82, 2.24) is 14.8 Å². The average Bonchev–Trinajstić information content (AvgIpc) is 2.58. The molecule has 0 fully saturated rings. The minimum absolute atomic E-state index is 0.173. The van der Waals surface area contributed by atoms with E-state index >= 15 is 0 Å². The number of rotatable bonds is 4. The van der Waals surface area contributed by atoms with Crippen LogP contribution in [0.25, 0.3) is 16.8 Å². The molecule has 0 aliphatic rings. The maximum absolute atomic E-state index is 12.1. The Kier molecular flexibility index (Phi) is 4.92. The molecule has 0 unspecified atom stereocenters. The minimum Gasteiger partial charge on any atom is -0.481 e. The fourth-order valence-corrected chi connectivity index (χ4v) is 2.96. The van der Waals surface area contributed by atoms with Crippen LogP contribution in [0, 0.1) is 0 Å². The molecule has 26 heavy (non-hydrogen) atoms. The Morgan fingerprint density at radius 2 is 1.81 bits per heavy atom. The molecule has 9 heteroatoms. The number of aromatic amines is 1. The molecule has 0 aliphatic heterocycles. The summed E-state index contributed by atoms with van der Waals surface area (Å²) < 4.78 is 0.988. The number of H-pyrrole nitrogens is 1. The Labute approximate surface area is 156 Å². The Morgan fingerprint density at radius 1 is 1.12 bits per heavy atom. The van der Waals surface area contributed by atoms with Crippen LogP contribution in [0.1, 0.15) is 5.56 Å². The number of hydrogen-bond donors (Lipinski definition) is 2. The highest BCUT2D eigenvalue weighted by atomic mass is 35.5.